The molecule has 4 heteroatoms. The third-order valence-electron chi connectivity index (χ3n) is 2.91. The van der Waals surface area contributed by atoms with E-state index in [0.717, 1.165) is 11.1 Å². The third-order valence-corrected chi connectivity index (χ3v) is 2.91. The van der Waals surface area contributed by atoms with Gasteiger partial charge in [-0.2, -0.15) is 0 Å². The monoisotopic (exact) mass is 270 g/mol. The highest BCUT2D eigenvalue weighted by Crippen LogP contribution is 2.11. The number of benzene rings is 1. The summed E-state index contributed by atoms with van der Waals surface area (Å²) in [6.45, 7) is 3.86. The molecule has 1 amide bonds. The van der Waals surface area contributed by atoms with Crippen molar-refractivity contribution in [1.82, 2.24) is 10.3 Å². The number of aromatic nitrogens is 1. The second kappa shape index (κ2) is 6.70. The Bertz CT molecular complexity index is 552. The Morgan fingerprint density at radius 2 is 2.00 bits per heavy atom. The SMILES string of the molecule is Cc1ccc(OCC(=O)NC(C)c2ccccc2)nc1. The molecule has 104 valence electrons. The quantitative estimate of drug-likeness (QED) is 0.908. The zero-order valence-electron chi connectivity index (χ0n) is 11.7. The van der Waals surface area contributed by atoms with E-state index in [-0.39, 0.29) is 18.6 Å². The molecule has 1 heterocycles. The van der Waals surface area contributed by atoms with Crippen LogP contribution in [0.2, 0.25) is 0 Å². The van der Waals surface area contributed by atoms with Crippen LogP contribution < -0.4 is 10.1 Å². The Labute approximate surface area is 118 Å². The van der Waals surface area contributed by atoms with Gasteiger partial charge in [0.2, 0.25) is 5.88 Å². The van der Waals surface area contributed by atoms with E-state index in [1.165, 1.54) is 0 Å². The molecule has 1 N–H and O–H groups in total. The largest absolute Gasteiger partial charge is 0.468 e. The van der Waals surface area contributed by atoms with E-state index >= 15 is 0 Å². The molecule has 20 heavy (non-hydrogen) atoms. The fourth-order valence-electron chi connectivity index (χ4n) is 1.79. The van der Waals surface area contributed by atoms with Crippen molar-refractivity contribution in [2.24, 2.45) is 0 Å². The standard InChI is InChI=1S/C16H18N2O2/c1-12-8-9-16(17-10-12)20-11-15(19)18-13(2)14-6-4-3-5-7-14/h3-10,13H,11H2,1-2H3,(H,18,19). The summed E-state index contributed by atoms with van der Waals surface area (Å²) < 4.78 is 5.34. The van der Waals surface area contributed by atoms with Gasteiger partial charge in [0.05, 0.1) is 6.04 Å². The van der Waals surface area contributed by atoms with Crippen LogP contribution in [0.15, 0.2) is 48.7 Å². The molecule has 2 aromatic rings. The first-order valence-electron chi connectivity index (χ1n) is 6.55. The van der Waals surface area contributed by atoms with Gasteiger partial charge in [-0.25, -0.2) is 4.98 Å². The van der Waals surface area contributed by atoms with E-state index in [1.807, 2.05) is 50.2 Å². The first kappa shape index (κ1) is 14.1. The average Bonchev–Trinajstić information content (AvgIpc) is 2.47. The lowest BCUT2D eigenvalue weighted by Crippen LogP contribution is -2.31. The minimum absolute atomic E-state index is 0.0345. The lowest BCUT2D eigenvalue weighted by Gasteiger charge is -2.14. The van der Waals surface area contributed by atoms with E-state index in [9.17, 15) is 4.79 Å². The number of carbonyl (C=O) groups excluding carboxylic acids is 1. The van der Waals surface area contributed by atoms with Crippen LogP contribution in [0.4, 0.5) is 0 Å². The maximum absolute atomic E-state index is 11.8. The molecule has 0 bridgehead atoms. The van der Waals surface area contributed by atoms with Crippen LogP contribution in [0.3, 0.4) is 0 Å². The van der Waals surface area contributed by atoms with Gasteiger partial charge in [0, 0.05) is 12.3 Å². The number of carbonyl (C=O) groups is 1. The van der Waals surface area contributed by atoms with Gasteiger partial charge in [-0.05, 0) is 25.0 Å². The van der Waals surface area contributed by atoms with Crippen LogP contribution in [0.25, 0.3) is 0 Å². The van der Waals surface area contributed by atoms with Crippen LogP contribution in [-0.2, 0) is 4.79 Å². The Balaban J connectivity index is 1.82. The molecule has 0 saturated heterocycles. The van der Waals surface area contributed by atoms with Crippen molar-refractivity contribution < 1.29 is 9.53 Å². The summed E-state index contributed by atoms with van der Waals surface area (Å²) in [5.74, 6) is 0.293. The molecule has 0 aliphatic rings. The maximum atomic E-state index is 11.8. The first-order chi connectivity index (χ1) is 9.65. The predicted molar refractivity (Wildman–Crippen MR) is 77.5 cm³/mol. The van der Waals surface area contributed by atoms with Gasteiger partial charge < -0.3 is 10.1 Å². The molecule has 0 radical (unpaired) electrons. The zero-order valence-corrected chi connectivity index (χ0v) is 11.7. The van der Waals surface area contributed by atoms with Gasteiger partial charge >= 0.3 is 0 Å². The van der Waals surface area contributed by atoms with Crippen LogP contribution in [-0.4, -0.2) is 17.5 Å². The number of hydrogen-bond donors (Lipinski definition) is 1. The van der Waals surface area contributed by atoms with Crippen molar-refractivity contribution in [3.05, 3.63) is 59.8 Å². The minimum Gasteiger partial charge on any atom is -0.468 e. The number of pyridine rings is 1. The van der Waals surface area contributed by atoms with Crippen molar-refractivity contribution in [2.75, 3.05) is 6.61 Å². The Kier molecular flexibility index (Phi) is 4.71. The number of aryl methyl sites for hydroxylation is 1. The number of rotatable bonds is 5. The third kappa shape index (κ3) is 4.09. The van der Waals surface area contributed by atoms with Crippen LogP contribution in [0.5, 0.6) is 5.88 Å². The molecule has 1 atom stereocenters. The number of amides is 1. The first-order valence-corrected chi connectivity index (χ1v) is 6.55. The average molecular weight is 270 g/mol. The summed E-state index contributed by atoms with van der Waals surface area (Å²) in [4.78, 5) is 15.9. The number of nitrogens with zero attached hydrogens (tertiary/aromatic N) is 1. The molecular formula is C16H18N2O2. The lowest BCUT2D eigenvalue weighted by atomic mass is 10.1. The van der Waals surface area contributed by atoms with Gasteiger partial charge in [0.15, 0.2) is 6.61 Å². The predicted octanol–water partition coefficient (Wildman–Crippen LogP) is 2.65. The number of nitrogens with one attached hydrogen (secondary N) is 1. The second-order valence-corrected chi connectivity index (χ2v) is 4.66. The molecule has 1 aromatic carbocycles. The van der Waals surface area contributed by atoms with Crippen LogP contribution in [0.1, 0.15) is 24.1 Å². The van der Waals surface area contributed by atoms with E-state index in [2.05, 4.69) is 10.3 Å². The van der Waals surface area contributed by atoms with Crippen molar-refractivity contribution in [3.8, 4) is 5.88 Å². The molecule has 1 unspecified atom stereocenters. The van der Waals surface area contributed by atoms with Crippen molar-refractivity contribution >= 4 is 5.91 Å². The van der Waals surface area contributed by atoms with E-state index in [4.69, 9.17) is 4.74 Å². The van der Waals surface area contributed by atoms with Crippen LogP contribution >= 0.6 is 0 Å². The topological polar surface area (TPSA) is 51.2 Å². The summed E-state index contributed by atoms with van der Waals surface area (Å²) >= 11 is 0. The van der Waals surface area contributed by atoms with Crippen LogP contribution in [0, 0.1) is 6.92 Å². The van der Waals surface area contributed by atoms with E-state index in [1.54, 1.807) is 12.3 Å². The minimum atomic E-state index is -0.163. The zero-order chi connectivity index (χ0) is 14.4. The Morgan fingerprint density at radius 1 is 1.25 bits per heavy atom. The van der Waals surface area contributed by atoms with Crippen molar-refractivity contribution in [3.63, 3.8) is 0 Å². The highest BCUT2D eigenvalue weighted by molar-refractivity contribution is 5.77. The Morgan fingerprint density at radius 3 is 2.65 bits per heavy atom. The summed E-state index contributed by atoms with van der Waals surface area (Å²) in [6, 6.07) is 13.4. The molecule has 0 spiro atoms. The van der Waals surface area contributed by atoms with Crippen molar-refractivity contribution in [1.29, 1.82) is 0 Å². The van der Waals surface area contributed by atoms with Gasteiger partial charge in [-0.15, -0.1) is 0 Å². The molecule has 0 fully saturated rings. The van der Waals surface area contributed by atoms with Gasteiger partial charge in [-0.3, -0.25) is 4.79 Å². The molecular weight excluding hydrogens is 252 g/mol. The molecule has 0 aliphatic carbocycles. The lowest BCUT2D eigenvalue weighted by molar-refractivity contribution is -0.123. The number of hydrogen-bond acceptors (Lipinski definition) is 3. The van der Waals surface area contributed by atoms with Gasteiger partial charge in [-0.1, -0.05) is 36.4 Å². The molecule has 4 nitrogen and oxygen atoms in total. The molecule has 0 saturated carbocycles. The Hall–Kier alpha value is -2.36. The summed E-state index contributed by atoms with van der Waals surface area (Å²) in [6.07, 6.45) is 1.71. The second-order valence-electron chi connectivity index (χ2n) is 4.66. The molecule has 1 aromatic heterocycles. The normalized spacial score (nSPS) is 11.7. The fraction of sp³-hybridized carbons (Fsp3) is 0.250. The summed E-state index contributed by atoms with van der Waals surface area (Å²) in [7, 11) is 0. The van der Waals surface area contributed by atoms with Gasteiger partial charge in [0.1, 0.15) is 0 Å². The summed E-state index contributed by atoms with van der Waals surface area (Å²) in [5, 5.41) is 2.89. The smallest absolute Gasteiger partial charge is 0.258 e. The maximum Gasteiger partial charge on any atom is 0.258 e. The van der Waals surface area contributed by atoms with Crippen molar-refractivity contribution in [2.45, 2.75) is 19.9 Å². The number of ether oxygens (including phenoxy) is 1. The molecule has 2 rings (SSSR count). The highest BCUT2D eigenvalue weighted by Gasteiger charge is 2.09. The van der Waals surface area contributed by atoms with Gasteiger partial charge in [0.25, 0.3) is 5.91 Å². The summed E-state index contributed by atoms with van der Waals surface area (Å²) in [5.41, 5.74) is 2.12. The fourth-order valence-corrected chi connectivity index (χ4v) is 1.79. The highest BCUT2D eigenvalue weighted by atomic mass is 16.5. The molecule has 0 aliphatic heterocycles. The van der Waals surface area contributed by atoms with E-state index < -0.39 is 0 Å². The van der Waals surface area contributed by atoms with E-state index in [0.29, 0.717) is 5.88 Å².